The third kappa shape index (κ3) is 2.42. The first-order valence-corrected chi connectivity index (χ1v) is 7.86. The van der Waals surface area contributed by atoms with Crippen molar-refractivity contribution in [2.24, 2.45) is 5.92 Å². The highest BCUT2D eigenvalue weighted by molar-refractivity contribution is 5.62. The molecule has 1 fully saturated rings. The summed E-state index contributed by atoms with van der Waals surface area (Å²) < 4.78 is 2.22. The summed E-state index contributed by atoms with van der Waals surface area (Å²) in [7, 11) is 0. The topological polar surface area (TPSA) is 54.8 Å². The number of hydrogen-bond acceptors (Lipinski definition) is 4. The Morgan fingerprint density at radius 1 is 1.14 bits per heavy atom. The Morgan fingerprint density at radius 3 is 2.86 bits per heavy atom. The van der Waals surface area contributed by atoms with Gasteiger partial charge in [-0.25, -0.2) is 4.68 Å². The van der Waals surface area contributed by atoms with Crippen LogP contribution in [0.3, 0.4) is 0 Å². The summed E-state index contributed by atoms with van der Waals surface area (Å²) in [6.45, 7) is 3.33. The molecule has 110 valence electrons. The predicted molar refractivity (Wildman–Crippen MR) is 83.2 cm³/mol. The molecule has 0 saturated carbocycles. The zero-order chi connectivity index (χ0) is 14.1. The SMILES string of the molecule is c1cc(-c2cc3n(n2)C(C2CCCNC2)CCN3)ccn1. The molecule has 2 aliphatic rings. The molecule has 2 atom stereocenters. The Labute approximate surface area is 124 Å². The van der Waals surface area contributed by atoms with Crippen LogP contribution >= 0.6 is 0 Å². The second-order valence-electron chi connectivity index (χ2n) is 5.98. The number of nitrogens with zero attached hydrogens (tertiary/aromatic N) is 3. The van der Waals surface area contributed by atoms with Gasteiger partial charge in [0.15, 0.2) is 0 Å². The second kappa shape index (κ2) is 5.48. The number of anilines is 1. The predicted octanol–water partition coefficient (Wildman–Crippen LogP) is 2.30. The number of nitrogens with one attached hydrogen (secondary N) is 2. The number of aromatic nitrogens is 3. The van der Waals surface area contributed by atoms with E-state index in [9.17, 15) is 0 Å². The van der Waals surface area contributed by atoms with Gasteiger partial charge in [0.05, 0.1) is 11.7 Å². The minimum Gasteiger partial charge on any atom is -0.370 e. The lowest BCUT2D eigenvalue weighted by Crippen LogP contribution is -2.38. The van der Waals surface area contributed by atoms with Crippen LogP contribution in [0, 0.1) is 5.92 Å². The van der Waals surface area contributed by atoms with Crippen LogP contribution in [-0.4, -0.2) is 34.4 Å². The Balaban J connectivity index is 1.66. The maximum absolute atomic E-state index is 4.88. The van der Waals surface area contributed by atoms with Crippen molar-refractivity contribution in [2.75, 3.05) is 25.0 Å². The largest absolute Gasteiger partial charge is 0.370 e. The van der Waals surface area contributed by atoms with Gasteiger partial charge in [0.1, 0.15) is 5.82 Å². The highest BCUT2D eigenvalue weighted by Gasteiger charge is 2.30. The molecule has 0 radical (unpaired) electrons. The molecule has 0 amide bonds. The fourth-order valence-electron chi connectivity index (χ4n) is 3.56. The summed E-state index contributed by atoms with van der Waals surface area (Å²) in [6, 6.07) is 6.72. The van der Waals surface area contributed by atoms with Crippen molar-refractivity contribution >= 4 is 5.82 Å². The van der Waals surface area contributed by atoms with Crippen LogP contribution in [0.5, 0.6) is 0 Å². The van der Waals surface area contributed by atoms with Crippen LogP contribution in [-0.2, 0) is 0 Å². The lowest BCUT2D eigenvalue weighted by molar-refractivity contribution is 0.236. The molecule has 2 unspecified atom stereocenters. The van der Waals surface area contributed by atoms with Gasteiger partial charge in [-0.1, -0.05) is 0 Å². The van der Waals surface area contributed by atoms with Gasteiger partial charge in [-0.05, 0) is 50.4 Å². The molecule has 0 spiro atoms. The van der Waals surface area contributed by atoms with E-state index in [4.69, 9.17) is 5.10 Å². The standard InChI is InChI=1S/C16H21N5/c1-2-13(11-18-6-1)15-5-9-19-16-10-14(20-21(15)16)12-3-7-17-8-4-12/h3-4,7-8,10,13,15,18-19H,1-2,5-6,9,11H2. The normalized spacial score (nSPS) is 25.1. The van der Waals surface area contributed by atoms with Gasteiger partial charge in [0, 0.05) is 30.6 Å². The molecule has 0 aliphatic carbocycles. The molecular weight excluding hydrogens is 262 g/mol. The highest BCUT2D eigenvalue weighted by atomic mass is 15.4. The first kappa shape index (κ1) is 12.8. The quantitative estimate of drug-likeness (QED) is 0.888. The number of hydrogen-bond donors (Lipinski definition) is 2. The molecule has 5 heteroatoms. The number of rotatable bonds is 2. The Kier molecular flexibility index (Phi) is 3.35. The van der Waals surface area contributed by atoms with E-state index in [1.54, 1.807) is 0 Å². The second-order valence-corrected chi connectivity index (χ2v) is 5.98. The summed E-state index contributed by atoms with van der Waals surface area (Å²) in [5.41, 5.74) is 2.17. The van der Waals surface area contributed by atoms with Crippen LogP contribution in [0.1, 0.15) is 25.3 Å². The maximum atomic E-state index is 4.88. The van der Waals surface area contributed by atoms with Crippen molar-refractivity contribution in [2.45, 2.75) is 25.3 Å². The van der Waals surface area contributed by atoms with Crippen LogP contribution in [0.4, 0.5) is 5.82 Å². The van der Waals surface area contributed by atoms with Gasteiger partial charge >= 0.3 is 0 Å². The van der Waals surface area contributed by atoms with E-state index < -0.39 is 0 Å². The zero-order valence-corrected chi connectivity index (χ0v) is 12.1. The summed E-state index contributed by atoms with van der Waals surface area (Å²) in [5.74, 6) is 1.86. The lowest BCUT2D eigenvalue weighted by atomic mass is 9.89. The molecule has 2 N–H and O–H groups in total. The molecule has 21 heavy (non-hydrogen) atoms. The monoisotopic (exact) mass is 283 g/mol. The summed E-state index contributed by atoms with van der Waals surface area (Å²) >= 11 is 0. The molecule has 4 rings (SSSR count). The molecule has 0 aromatic carbocycles. The minimum absolute atomic E-state index is 0.518. The van der Waals surface area contributed by atoms with E-state index in [0.29, 0.717) is 12.0 Å². The highest BCUT2D eigenvalue weighted by Crippen LogP contribution is 2.35. The lowest BCUT2D eigenvalue weighted by Gasteiger charge is -2.34. The van der Waals surface area contributed by atoms with Crippen LogP contribution in [0.15, 0.2) is 30.6 Å². The summed E-state index contributed by atoms with van der Waals surface area (Å²) in [6.07, 6.45) is 7.40. The first-order valence-electron chi connectivity index (χ1n) is 7.86. The molecule has 2 aromatic rings. The smallest absolute Gasteiger partial charge is 0.125 e. The van der Waals surface area contributed by atoms with E-state index in [2.05, 4.69) is 26.4 Å². The van der Waals surface area contributed by atoms with Gasteiger partial charge in [0.25, 0.3) is 0 Å². The first-order chi connectivity index (χ1) is 10.4. The van der Waals surface area contributed by atoms with Crippen LogP contribution < -0.4 is 10.6 Å². The van der Waals surface area contributed by atoms with E-state index >= 15 is 0 Å². The fraction of sp³-hybridized carbons (Fsp3) is 0.500. The maximum Gasteiger partial charge on any atom is 0.125 e. The number of pyridine rings is 1. The van der Waals surface area contributed by atoms with Gasteiger partial charge in [0.2, 0.25) is 0 Å². The summed E-state index contributed by atoms with van der Waals surface area (Å²) in [5, 5.41) is 11.9. The van der Waals surface area contributed by atoms with Crippen LogP contribution in [0.2, 0.25) is 0 Å². The van der Waals surface area contributed by atoms with Crippen molar-refractivity contribution in [1.29, 1.82) is 0 Å². The van der Waals surface area contributed by atoms with Crippen LogP contribution in [0.25, 0.3) is 11.3 Å². The fourth-order valence-corrected chi connectivity index (χ4v) is 3.56. The van der Waals surface area contributed by atoms with Crippen molar-refractivity contribution in [3.63, 3.8) is 0 Å². The number of piperidine rings is 1. The average molecular weight is 283 g/mol. The Morgan fingerprint density at radius 2 is 2.05 bits per heavy atom. The average Bonchev–Trinajstić information content (AvgIpc) is 3.00. The molecule has 2 aromatic heterocycles. The van der Waals surface area contributed by atoms with E-state index in [-0.39, 0.29) is 0 Å². The van der Waals surface area contributed by atoms with Crippen molar-refractivity contribution in [3.05, 3.63) is 30.6 Å². The van der Waals surface area contributed by atoms with Gasteiger partial charge < -0.3 is 10.6 Å². The van der Waals surface area contributed by atoms with E-state index in [0.717, 1.165) is 43.1 Å². The zero-order valence-electron chi connectivity index (χ0n) is 12.1. The van der Waals surface area contributed by atoms with E-state index in [1.165, 1.54) is 12.8 Å². The molecule has 0 bridgehead atoms. The third-order valence-electron chi connectivity index (χ3n) is 4.65. The van der Waals surface area contributed by atoms with E-state index in [1.807, 2.05) is 24.5 Å². The third-order valence-corrected chi connectivity index (χ3v) is 4.65. The van der Waals surface area contributed by atoms with Crippen molar-refractivity contribution in [3.8, 4) is 11.3 Å². The molecule has 5 nitrogen and oxygen atoms in total. The molecule has 1 saturated heterocycles. The molecular formula is C16H21N5. The van der Waals surface area contributed by atoms with Crippen molar-refractivity contribution in [1.82, 2.24) is 20.1 Å². The summed E-state index contributed by atoms with van der Waals surface area (Å²) in [4.78, 5) is 4.08. The Hall–Kier alpha value is -1.88. The minimum atomic E-state index is 0.518. The van der Waals surface area contributed by atoms with Gasteiger partial charge in [-0.2, -0.15) is 5.10 Å². The Bertz CT molecular complexity index is 600. The molecule has 2 aliphatic heterocycles. The van der Waals surface area contributed by atoms with Crippen molar-refractivity contribution < 1.29 is 0 Å². The van der Waals surface area contributed by atoms with Gasteiger partial charge in [-0.15, -0.1) is 0 Å². The van der Waals surface area contributed by atoms with Gasteiger partial charge in [-0.3, -0.25) is 4.98 Å². The molecule has 4 heterocycles. The number of fused-ring (bicyclic) bond motifs is 1.